The van der Waals surface area contributed by atoms with Crippen LogP contribution in [0.1, 0.15) is 37.5 Å². The van der Waals surface area contributed by atoms with Gasteiger partial charge < -0.3 is 20.4 Å². The Bertz CT molecular complexity index is 1380. The summed E-state index contributed by atoms with van der Waals surface area (Å²) >= 11 is 6.20. The average molecular weight is 460 g/mol. The first-order valence-electron chi connectivity index (χ1n) is 10.7. The standard InChI is InChI=1S/C26H22ClN3O3/c27-18-8-9-22-20(13-18)21-14-30(11-10-23(21)29-22)26(32)17-5-3-4-16(12-17)15-33-24-7-2-1-6-19(24)25(28)31/h1-9,12-13,29H,10-11,14-15H2,(H2,28,31). The van der Waals surface area contributed by atoms with Crippen LogP contribution in [0.25, 0.3) is 10.9 Å². The molecule has 5 rings (SSSR count). The van der Waals surface area contributed by atoms with E-state index in [1.807, 2.05) is 47.4 Å². The van der Waals surface area contributed by atoms with Crippen LogP contribution in [-0.2, 0) is 19.6 Å². The van der Waals surface area contributed by atoms with Crippen molar-refractivity contribution in [1.82, 2.24) is 9.88 Å². The van der Waals surface area contributed by atoms with Crippen molar-refractivity contribution in [2.75, 3.05) is 6.54 Å². The van der Waals surface area contributed by atoms with Gasteiger partial charge in [-0.05, 0) is 48.0 Å². The van der Waals surface area contributed by atoms with Crippen molar-refractivity contribution in [1.29, 1.82) is 0 Å². The molecule has 0 fully saturated rings. The minimum Gasteiger partial charge on any atom is -0.488 e. The molecule has 0 radical (unpaired) electrons. The highest BCUT2D eigenvalue weighted by Gasteiger charge is 2.25. The Morgan fingerprint density at radius 3 is 2.76 bits per heavy atom. The van der Waals surface area contributed by atoms with Crippen LogP contribution in [0, 0.1) is 0 Å². The number of nitrogens with one attached hydrogen (secondary N) is 1. The lowest BCUT2D eigenvalue weighted by Crippen LogP contribution is -2.35. The zero-order valence-corrected chi connectivity index (χ0v) is 18.6. The van der Waals surface area contributed by atoms with Crippen LogP contribution in [0.5, 0.6) is 5.75 Å². The molecule has 0 spiro atoms. The number of primary amides is 1. The van der Waals surface area contributed by atoms with Crippen molar-refractivity contribution in [3.8, 4) is 5.75 Å². The van der Waals surface area contributed by atoms with E-state index in [0.717, 1.165) is 34.1 Å². The molecule has 2 amide bonds. The highest BCUT2D eigenvalue weighted by atomic mass is 35.5. The van der Waals surface area contributed by atoms with Gasteiger partial charge in [0.05, 0.1) is 5.56 Å². The molecule has 3 aromatic carbocycles. The van der Waals surface area contributed by atoms with E-state index in [1.54, 1.807) is 24.3 Å². The van der Waals surface area contributed by atoms with Crippen LogP contribution < -0.4 is 10.5 Å². The van der Waals surface area contributed by atoms with E-state index < -0.39 is 5.91 Å². The van der Waals surface area contributed by atoms with E-state index >= 15 is 0 Å². The van der Waals surface area contributed by atoms with E-state index in [4.69, 9.17) is 22.1 Å². The maximum atomic E-state index is 13.3. The summed E-state index contributed by atoms with van der Waals surface area (Å²) in [7, 11) is 0. The molecule has 0 saturated carbocycles. The highest BCUT2D eigenvalue weighted by molar-refractivity contribution is 6.31. The number of benzene rings is 3. The third-order valence-corrected chi connectivity index (χ3v) is 6.18. The first-order valence-corrected chi connectivity index (χ1v) is 11.1. The van der Waals surface area contributed by atoms with Crippen molar-refractivity contribution >= 4 is 34.3 Å². The van der Waals surface area contributed by atoms with Gasteiger partial charge in [0.25, 0.3) is 11.8 Å². The van der Waals surface area contributed by atoms with Crippen molar-refractivity contribution in [2.45, 2.75) is 19.6 Å². The molecule has 1 aliphatic heterocycles. The second-order valence-electron chi connectivity index (χ2n) is 8.10. The number of nitrogens with two attached hydrogens (primary N) is 1. The Morgan fingerprint density at radius 1 is 1.06 bits per heavy atom. The zero-order valence-electron chi connectivity index (χ0n) is 17.8. The fourth-order valence-corrected chi connectivity index (χ4v) is 4.47. The fraction of sp³-hybridized carbons (Fsp3) is 0.154. The Kier molecular flexibility index (Phi) is 5.52. The number of amides is 2. The first kappa shape index (κ1) is 21.1. The van der Waals surface area contributed by atoms with Gasteiger partial charge in [-0.15, -0.1) is 0 Å². The molecule has 0 unspecified atom stereocenters. The third-order valence-electron chi connectivity index (χ3n) is 5.95. The summed E-state index contributed by atoms with van der Waals surface area (Å²) in [6.45, 7) is 1.39. The summed E-state index contributed by atoms with van der Waals surface area (Å²) in [6, 6.07) is 20.0. The topological polar surface area (TPSA) is 88.4 Å². The van der Waals surface area contributed by atoms with E-state index in [1.165, 1.54) is 0 Å². The number of hydrogen-bond acceptors (Lipinski definition) is 3. The Hall–Kier alpha value is -3.77. The van der Waals surface area contributed by atoms with Crippen molar-refractivity contribution in [3.63, 3.8) is 0 Å². The van der Waals surface area contributed by atoms with Crippen molar-refractivity contribution in [2.24, 2.45) is 5.73 Å². The summed E-state index contributed by atoms with van der Waals surface area (Å²) in [5.41, 5.74) is 10.5. The quantitative estimate of drug-likeness (QED) is 0.453. The van der Waals surface area contributed by atoms with Gasteiger partial charge in [-0.2, -0.15) is 0 Å². The maximum absolute atomic E-state index is 13.3. The number of carbonyl (C=O) groups excluding carboxylic acids is 2. The van der Waals surface area contributed by atoms with Crippen molar-refractivity contribution in [3.05, 3.63) is 99.7 Å². The number of aromatic amines is 1. The molecule has 2 heterocycles. The van der Waals surface area contributed by atoms with Gasteiger partial charge >= 0.3 is 0 Å². The number of nitrogens with zero attached hydrogens (tertiary/aromatic N) is 1. The van der Waals surface area contributed by atoms with Crippen LogP contribution in [0.15, 0.2) is 66.7 Å². The summed E-state index contributed by atoms with van der Waals surface area (Å²) in [6.07, 6.45) is 0.764. The Morgan fingerprint density at radius 2 is 1.91 bits per heavy atom. The molecule has 4 aromatic rings. The summed E-state index contributed by atoms with van der Waals surface area (Å²) in [4.78, 5) is 30.2. The van der Waals surface area contributed by atoms with Gasteiger partial charge in [-0.25, -0.2) is 0 Å². The minimum absolute atomic E-state index is 0.0311. The fourth-order valence-electron chi connectivity index (χ4n) is 4.29. The highest BCUT2D eigenvalue weighted by Crippen LogP contribution is 2.30. The largest absolute Gasteiger partial charge is 0.488 e. The molecule has 0 atom stereocenters. The number of ether oxygens (including phenoxy) is 1. The Labute approximate surface area is 195 Å². The van der Waals surface area contributed by atoms with Gasteiger partial charge in [0.2, 0.25) is 0 Å². The number of carbonyl (C=O) groups is 2. The van der Waals surface area contributed by atoms with Crippen molar-refractivity contribution < 1.29 is 14.3 Å². The molecule has 0 bridgehead atoms. The molecule has 1 aromatic heterocycles. The Balaban J connectivity index is 1.33. The van der Waals surface area contributed by atoms with Crippen LogP contribution in [0.2, 0.25) is 5.02 Å². The van der Waals surface area contributed by atoms with E-state index in [0.29, 0.717) is 35.0 Å². The number of fused-ring (bicyclic) bond motifs is 3. The third kappa shape index (κ3) is 4.17. The monoisotopic (exact) mass is 459 g/mol. The summed E-state index contributed by atoms with van der Waals surface area (Å²) in [5.74, 6) is -0.155. The lowest BCUT2D eigenvalue weighted by atomic mass is 10.0. The molecule has 166 valence electrons. The van der Waals surface area contributed by atoms with E-state index in [2.05, 4.69) is 4.98 Å². The first-order chi connectivity index (χ1) is 16.0. The number of para-hydroxylation sites is 1. The SMILES string of the molecule is NC(=O)c1ccccc1OCc1cccc(C(=O)N2CCc3[nH]c4ccc(Cl)cc4c3C2)c1. The lowest BCUT2D eigenvalue weighted by Gasteiger charge is -2.27. The zero-order chi connectivity index (χ0) is 22.9. The van der Waals surface area contributed by atoms with Gasteiger partial charge in [-0.1, -0.05) is 35.9 Å². The molecule has 6 nitrogen and oxygen atoms in total. The number of hydrogen-bond donors (Lipinski definition) is 2. The van der Waals surface area contributed by atoms with Crippen LogP contribution in [0.3, 0.4) is 0 Å². The predicted molar refractivity (Wildman–Crippen MR) is 127 cm³/mol. The molecular weight excluding hydrogens is 438 g/mol. The number of halogens is 1. The van der Waals surface area contributed by atoms with E-state index in [9.17, 15) is 9.59 Å². The molecule has 0 saturated heterocycles. The van der Waals surface area contributed by atoms with Gasteiger partial charge in [0.15, 0.2) is 0 Å². The number of H-pyrrole nitrogens is 1. The van der Waals surface area contributed by atoms with Gasteiger partial charge in [0, 0.05) is 52.3 Å². The normalized spacial score (nSPS) is 13.1. The predicted octanol–water partition coefficient (Wildman–Crippen LogP) is 4.70. The molecule has 1 aliphatic rings. The van der Waals surface area contributed by atoms with Gasteiger partial charge in [0.1, 0.15) is 12.4 Å². The van der Waals surface area contributed by atoms with E-state index in [-0.39, 0.29) is 12.5 Å². The van der Waals surface area contributed by atoms with Crippen LogP contribution >= 0.6 is 11.6 Å². The average Bonchev–Trinajstić information content (AvgIpc) is 3.19. The molecule has 33 heavy (non-hydrogen) atoms. The molecular formula is C26H22ClN3O3. The number of rotatable bonds is 5. The molecule has 7 heteroatoms. The van der Waals surface area contributed by atoms with Crippen LogP contribution in [-0.4, -0.2) is 28.2 Å². The maximum Gasteiger partial charge on any atom is 0.254 e. The van der Waals surface area contributed by atoms with Crippen LogP contribution in [0.4, 0.5) is 0 Å². The lowest BCUT2D eigenvalue weighted by molar-refractivity contribution is 0.0734. The second kappa shape index (κ2) is 8.64. The molecule has 3 N–H and O–H groups in total. The van der Waals surface area contributed by atoms with Gasteiger partial charge in [-0.3, -0.25) is 9.59 Å². The summed E-state index contributed by atoms with van der Waals surface area (Å²) < 4.78 is 5.82. The number of aromatic nitrogens is 1. The second-order valence-corrected chi connectivity index (χ2v) is 8.53. The summed E-state index contributed by atoms with van der Waals surface area (Å²) in [5, 5.41) is 1.74. The minimum atomic E-state index is -0.544. The smallest absolute Gasteiger partial charge is 0.254 e. The molecule has 0 aliphatic carbocycles.